The predicted molar refractivity (Wildman–Crippen MR) is 101 cm³/mol. The fourth-order valence-corrected chi connectivity index (χ4v) is 3.52. The molecule has 7 nitrogen and oxygen atoms in total. The molecule has 0 aliphatic heterocycles. The summed E-state index contributed by atoms with van der Waals surface area (Å²) in [5, 5.41) is 13.1. The lowest BCUT2D eigenvalue weighted by atomic mass is 10.2. The van der Waals surface area contributed by atoms with Crippen molar-refractivity contribution in [3.63, 3.8) is 0 Å². The van der Waals surface area contributed by atoms with Gasteiger partial charge in [0.1, 0.15) is 5.01 Å². The topological polar surface area (TPSA) is 114 Å². The van der Waals surface area contributed by atoms with Crippen LogP contribution in [0.5, 0.6) is 0 Å². The number of amides is 2. The number of anilines is 1. The molecule has 0 unspecified atom stereocenters. The molecule has 0 bridgehead atoms. The zero-order chi connectivity index (χ0) is 18.6. The lowest BCUT2D eigenvalue weighted by Gasteiger charge is -2.07. The van der Waals surface area contributed by atoms with Crippen molar-refractivity contribution < 1.29 is 13.2 Å². The molecule has 1 heterocycles. The molecule has 0 saturated carbocycles. The van der Waals surface area contributed by atoms with Crippen LogP contribution >= 0.6 is 11.3 Å². The number of nitrogens with one attached hydrogen (secondary N) is 2. The van der Waals surface area contributed by atoms with Crippen molar-refractivity contribution in [3.8, 4) is 10.6 Å². The Bertz CT molecular complexity index is 1000. The first-order valence-electron chi connectivity index (χ1n) is 7.59. The fourth-order valence-electron chi connectivity index (χ4n) is 2.18. The Morgan fingerprint density at radius 1 is 1.08 bits per heavy atom. The number of sulfonamides is 1. The summed E-state index contributed by atoms with van der Waals surface area (Å²) in [5.74, 6) is 0. The molecule has 0 fully saturated rings. The van der Waals surface area contributed by atoms with Crippen LogP contribution in [0, 0.1) is 0 Å². The van der Waals surface area contributed by atoms with Gasteiger partial charge in [0, 0.05) is 16.6 Å². The first kappa shape index (κ1) is 18.1. The number of hydrogen-bond donors (Lipinski definition) is 3. The van der Waals surface area contributed by atoms with E-state index in [0.29, 0.717) is 5.69 Å². The molecule has 3 rings (SSSR count). The maximum absolute atomic E-state index is 12.0. The second kappa shape index (κ2) is 7.65. The number of thiazole rings is 1. The quantitative estimate of drug-likeness (QED) is 0.623. The smallest absolute Gasteiger partial charge is 0.319 e. The Morgan fingerprint density at radius 3 is 2.42 bits per heavy atom. The van der Waals surface area contributed by atoms with Crippen molar-refractivity contribution in [2.24, 2.45) is 5.14 Å². The maximum atomic E-state index is 12.0. The van der Waals surface area contributed by atoms with E-state index in [9.17, 15) is 13.2 Å². The first-order valence-corrected chi connectivity index (χ1v) is 10.0. The average Bonchev–Trinajstić information content (AvgIpc) is 3.09. The van der Waals surface area contributed by atoms with E-state index in [1.807, 2.05) is 35.7 Å². The molecular weight excluding hydrogens is 372 g/mol. The molecule has 26 heavy (non-hydrogen) atoms. The van der Waals surface area contributed by atoms with Gasteiger partial charge in [0.05, 0.1) is 17.1 Å². The van der Waals surface area contributed by atoms with Crippen molar-refractivity contribution in [1.82, 2.24) is 10.3 Å². The molecule has 0 aliphatic carbocycles. The van der Waals surface area contributed by atoms with Gasteiger partial charge in [0.2, 0.25) is 10.0 Å². The largest absolute Gasteiger partial charge is 0.332 e. The van der Waals surface area contributed by atoms with E-state index in [-0.39, 0.29) is 11.4 Å². The molecule has 0 spiro atoms. The number of primary sulfonamides is 1. The van der Waals surface area contributed by atoms with Crippen molar-refractivity contribution in [1.29, 1.82) is 0 Å². The van der Waals surface area contributed by atoms with Gasteiger partial charge in [0.25, 0.3) is 0 Å². The fraction of sp³-hybridized carbons (Fsp3) is 0.0588. The minimum atomic E-state index is -3.75. The van der Waals surface area contributed by atoms with E-state index in [4.69, 9.17) is 5.14 Å². The maximum Gasteiger partial charge on any atom is 0.319 e. The number of hydrogen-bond acceptors (Lipinski definition) is 5. The van der Waals surface area contributed by atoms with Gasteiger partial charge in [-0.25, -0.2) is 23.3 Å². The highest BCUT2D eigenvalue weighted by Crippen LogP contribution is 2.23. The van der Waals surface area contributed by atoms with Crippen LogP contribution in [0.1, 0.15) is 5.69 Å². The standard InChI is InChI=1S/C17H16N4O3S2/c18-26(23,24)15-8-6-13(7-9-15)21-17(22)19-10-14-11-25-16(20-14)12-4-2-1-3-5-12/h1-9,11H,10H2,(H2,18,23,24)(H2,19,21,22). The number of carbonyl (C=O) groups is 1. The summed E-state index contributed by atoms with van der Waals surface area (Å²) in [6, 6.07) is 15.0. The number of aromatic nitrogens is 1. The summed E-state index contributed by atoms with van der Waals surface area (Å²) in [7, 11) is -3.75. The number of urea groups is 1. The van der Waals surface area contributed by atoms with Gasteiger partial charge >= 0.3 is 6.03 Å². The Kier molecular flexibility index (Phi) is 5.31. The van der Waals surface area contributed by atoms with Crippen LogP contribution in [0.4, 0.5) is 10.5 Å². The molecule has 4 N–H and O–H groups in total. The molecule has 0 aliphatic rings. The van der Waals surface area contributed by atoms with E-state index in [1.165, 1.54) is 35.6 Å². The minimum absolute atomic E-state index is 0.0145. The predicted octanol–water partition coefficient (Wildman–Crippen LogP) is 2.78. The number of nitrogens with zero attached hydrogens (tertiary/aromatic N) is 1. The van der Waals surface area contributed by atoms with E-state index in [1.54, 1.807) is 0 Å². The van der Waals surface area contributed by atoms with Gasteiger partial charge in [-0.15, -0.1) is 11.3 Å². The van der Waals surface area contributed by atoms with E-state index in [2.05, 4.69) is 15.6 Å². The van der Waals surface area contributed by atoms with Crippen LogP contribution in [-0.2, 0) is 16.6 Å². The van der Waals surface area contributed by atoms with Gasteiger partial charge in [-0.05, 0) is 24.3 Å². The van der Waals surface area contributed by atoms with Crippen molar-refractivity contribution in [2.45, 2.75) is 11.4 Å². The molecule has 2 aromatic carbocycles. The third-order valence-electron chi connectivity index (χ3n) is 3.44. The molecule has 2 amide bonds. The minimum Gasteiger partial charge on any atom is -0.332 e. The van der Waals surface area contributed by atoms with E-state index >= 15 is 0 Å². The Hall–Kier alpha value is -2.75. The van der Waals surface area contributed by atoms with Gasteiger partial charge in [0.15, 0.2) is 0 Å². The van der Waals surface area contributed by atoms with Gasteiger partial charge < -0.3 is 10.6 Å². The second-order valence-corrected chi connectivity index (χ2v) is 7.81. The average molecular weight is 388 g/mol. The summed E-state index contributed by atoms with van der Waals surface area (Å²) in [4.78, 5) is 16.4. The monoisotopic (exact) mass is 388 g/mol. The molecule has 134 valence electrons. The molecule has 1 aromatic heterocycles. The lowest BCUT2D eigenvalue weighted by molar-refractivity contribution is 0.251. The zero-order valence-electron chi connectivity index (χ0n) is 13.5. The molecule has 3 aromatic rings. The highest BCUT2D eigenvalue weighted by Gasteiger charge is 2.09. The van der Waals surface area contributed by atoms with E-state index < -0.39 is 16.1 Å². The van der Waals surface area contributed by atoms with Gasteiger partial charge in [-0.1, -0.05) is 30.3 Å². The summed E-state index contributed by atoms with van der Waals surface area (Å²) >= 11 is 1.51. The van der Waals surface area contributed by atoms with Crippen molar-refractivity contribution in [3.05, 3.63) is 65.7 Å². The van der Waals surface area contributed by atoms with Crippen LogP contribution in [0.15, 0.2) is 64.9 Å². The zero-order valence-corrected chi connectivity index (χ0v) is 15.2. The Morgan fingerprint density at radius 2 is 1.77 bits per heavy atom. The molecule has 0 atom stereocenters. The first-order chi connectivity index (χ1) is 12.4. The van der Waals surface area contributed by atoms with Crippen LogP contribution in [0.3, 0.4) is 0 Å². The Balaban J connectivity index is 1.55. The third kappa shape index (κ3) is 4.66. The van der Waals surface area contributed by atoms with Crippen LogP contribution in [0.25, 0.3) is 10.6 Å². The number of nitrogens with two attached hydrogens (primary N) is 1. The highest BCUT2D eigenvalue weighted by atomic mass is 32.2. The van der Waals surface area contributed by atoms with Gasteiger partial charge in [-0.3, -0.25) is 0 Å². The molecule has 0 radical (unpaired) electrons. The number of carbonyl (C=O) groups excluding carboxylic acids is 1. The molecule has 9 heteroatoms. The summed E-state index contributed by atoms with van der Waals surface area (Å²) in [5.41, 5.74) is 2.25. The SMILES string of the molecule is NS(=O)(=O)c1ccc(NC(=O)NCc2csc(-c3ccccc3)n2)cc1. The summed E-state index contributed by atoms with van der Waals surface area (Å²) in [6.07, 6.45) is 0. The third-order valence-corrected chi connectivity index (χ3v) is 5.31. The van der Waals surface area contributed by atoms with E-state index in [0.717, 1.165) is 16.3 Å². The molecular formula is C17H16N4O3S2. The lowest BCUT2D eigenvalue weighted by Crippen LogP contribution is -2.28. The van der Waals surface area contributed by atoms with Crippen LogP contribution < -0.4 is 15.8 Å². The summed E-state index contributed by atoms with van der Waals surface area (Å²) in [6.45, 7) is 0.282. The van der Waals surface area contributed by atoms with Crippen molar-refractivity contribution in [2.75, 3.05) is 5.32 Å². The van der Waals surface area contributed by atoms with Crippen LogP contribution in [0.2, 0.25) is 0 Å². The summed E-state index contributed by atoms with van der Waals surface area (Å²) < 4.78 is 22.4. The normalized spacial score (nSPS) is 11.1. The van der Waals surface area contributed by atoms with Gasteiger partial charge in [-0.2, -0.15) is 0 Å². The molecule has 0 saturated heterocycles. The van der Waals surface area contributed by atoms with Crippen LogP contribution in [-0.4, -0.2) is 19.4 Å². The number of rotatable bonds is 5. The van der Waals surface area contributed by atoms with Crippen molar-refractivity contribution >= 4 is 33.1 Å². The second-order valence-electron chi connectivity index (χ2n) is 5.39. The highest BCUT2D eigenvalue weighted by molar-refractivity contribution is 7.89. The number of benzene rings is 2. The Labute approximate surface area is 154 Å².